The van der Waals surface area contributed by atoms with Crippen molar-refractivity contribution in [3.8, 4) is 0 Å². The molecule has 0 spiro atoms. The number of Topliss-reactive ketones (excluding diaryl/α,β-unsaturated/α-hetero) is 1. The van der Waals surface area contributed by atoms with Gasteiger partial charge in [-0.3, -0.25) is 14.5 Å². The number of carbonyl (C=O) groups excluding carboxylic acids is 3. The van der Waals surface area contributed by atoms with E-state index in [2.05, 4.69) is 10.0 Å². The van der Waals surface area contributed by atoms with Crippen LogP contribution < -0.4 is 0 Å². The Balaban J connectivity index is 1.53. The first-order valence-electron chi connectivity index (χ1n) is 17.2. The third-order valence-corrected chi connectivity index (χ3v) is 8.67. The Labute approximate surface area is 312 Å². The van der Waals surface area contributed by atoms with E-state index in [9.17, 15) is 46.3 Å². The van der Waals surface area contributed by atoms with Gasteiger partial charge in [0.25, 0.3) is 0 Å². The van der Waals surface area contributed by atoms with Gasteiger partial charge < -0.3 is 14.2 Å². The lowest BCUT2D eigenvalue weighted by Gasteiger charge is -2.40. The van der Waals surface area contributed by atoms with Crippen LogP contribution in [0.2, 0.25) is 0 Å². The van der Waals surface area contributed by atoms with Crippen molar-refractivity contribution in [3.63, 3.8) is 0 Å². The summed E-state index contributed by atoms with van der Waals surface area (Å²) in [6.07, 6.45) is -8.77. The molecule has 1 aliphatic rings. The zero-order valence-electron chi connectivity index (χ0n) is 30.1. The fourth-order valence-corrected chi connectivity index (χ4v) is 6.10. The molecule has 17 heteroatoms. The number of carbonyl (C=O) groups is 3. The van der Waals surface area contributed by atoms with E-state index < -0.39 is 103 Å². The van der Waals surface area contributed by atoms with Gasteiger partial charge in [-0.15, -0.1) is 0 Å². The number of halogens is 7. The Morgan fingerprint density at radius 2 is 1.67 bits per heavy atom. The van der Waals surface area contributed by atoms with Crippen LogP contribution in [0.4, 0.5) is 35.5 Å². The fourth-order valence-electron chi connectivity index (χ4n) is 6.10. The van der Waals surface area contributed by atoms with E-state index in [0.29, 0.717) is 0 Å². The predicted molar refractivity (Wildman–Crippen MR) is 184 cm³/mol. The lowest BCUT2D eigenvalue weighted by molar-refractivity contribution is -0.160. The molecule has 0 N–H and O–H groups in total. The van der Waals surface area contributed by atoms with E-state index >= 15 is 4.39 Å². The lowest BCUT2D eigenvalue weighted by Crippen LogP contribution is -2.55. The summed E-state index contributed by atoms with van der Waals surface area (Å²) in [6, 6.07) is 9.32. The highest BCUT2D eigenvalue weighted by Gasteiger charge is 2.37. The Morgan fingerprint density at radius 3 is 2.33 bits per heavy atom. The molecule has 1 amide bonds. The molecule has 3 aromatic carbocycles. The summed E-state index contributed by atoms with van der Waals surface area (Å²) >= 11 is 0. The van der Waals surface area contributed by atoms with Gasteiger partial charge in [0.1, 0.15) is 35.7 Å². The zero-order valence-corrected chi connectivity index (χ0v) is 30.1. The minimum Gasteiger partial charge on any atom is -0.463 e. The van der Waals surface area contributed by atoms with Gasteiger partial charge in [0.2, 0.25) is 0 Å². The monoisotopic (exact) mass is 780 g/mol. The third-order valence-electron chi connectivity index (χ3n) is 8.67. The van der Waals surface area contributed by atoms with Crippen LogP contribution in [0.15, 0.2) is 65.8 Å². The second-order valence-electron chi connectivity index (χ2n) is 14.0. The van der Waals surface area contributed by atoms with Gasteiger partial charge in [0, 0.05) is 17.3 Å². The maximum atomic E-state index is 15.4. The Bertz CT molecular complexity index is 1900. The number of nitrogens with zero attached hydrogens (tertiary/aromatic N) is 4. The minimum atomic E-state index is -4.56. The highest BCUT2D eigenvalue weighted by molar-refractivity contribution is 5.88. The molecular formula is C38H39F7N4O6. The van der Waals surface area contributed by atoms with E-state index in [4.69, 9.17) is 14.2 Å². The normalized spacial score (nSPS) is 17.2. The molecule has 10 nitrogen and oxygen atoms in total. The number of esters is 1. The summed E-state index contributed by atoms with van der Waals surface area (Å²) in [5.74, 6) is -6.90. The summed E-state index contributed by atoms with van der Waals surface area (Å²) in [7, 11) is 0. The Morgan fingerprint density at radius 1 is 0.964 bits per heavy atom. The number of hydrogen-bond donors (Lipinski definition) is 0. The lowest BCUT2D eigenvalue weighted by atomic mass is 9.81. The Kier molecular flexibility index (Phi) is 14.3. The van der Waals surface area contributed by atoms with E-state index in [-0.39, 0.29) is 48.2 Å². The highest BCUT2D eigenvalue weighted by atomic mass is 19.4. The van der Waals surface area contributed by atoms with Crippen LogP contribution >= 0.6 is 0 Å². The number of ketones is 1. The smallest absolute Gasteiger partial charge is 0.410 e. The number of azide groups is 1. The molecule has 296 valence electrons. The van der Waals surface area contributed by atoms with Gasteiger partial charge in [-0.05, 0) is 91.7 Å². The van der Waals surface area contributed by atoms with Crippen LogP contribution in [-0.4, -0.2) is 72.5 Å². The average molecular weight is 781 g/mol. The van der Waals surface area contributed by atoms with Gasteiger partial charge in [-0.1, -0.05) is 35.4 Å². The van der Waals surface area contributed by atoms with Crippen molar-refractivity contribution in [2.75, 3.05) is 19.8 Å². The molecule has 0 radical (unpaired) electrons. The van der Waals surface area contributed by atoms with Gasteiger partial charge in [0.05, 0.1) is 38.1 Å². The molecular weight excluding hydrogens is 741 g/mol. The largest absolute Gasteiger partial charge is 0.463 e. The van der Waals surface area contributed by atoms with Crippen molar-refractivity contribution in [1.82, 2.24) is 4.90 Å². The fraction of sp³-hybridized carbons (Fsp3) is 0.447. The third kappa shape index (κ3) is 12.4. The number of ether oxygens (including phenoxy) is 3. The van der Waals surface area contributed by atoms with E-state index in [1.54, 1.807) is 20.8 Å². The van der Waals surface area contributed by atoms with Gasteiger partial charge in [-0.2, -0.15) is 13.2 Å². The first-order chi connectivity index (χ1) is 25.8. The molecule has 0 aliphatic carbocycles. The number of rotatable bonds is 14. The molecule has 1 heterocycles. The molecule has 0 saturated carbocycles. The number of morpholine rings is 1. The van der Waals surface area contributed by atoms with Gasteiger partial charge in [-0.25, -0.2) is 22.4 Å². The van der Waals surface area contributed by atoms with Crippen molar-refractivity contribution in [2.24, 2.45) is 5.11 Å². The molecule has 4 atom stereocenters. The number of alkyl halides is 3. The van der Waals surface area contributed by atoms with Crippen molar-refractivity contribution in [2.45, 2.75) is 88.8 Å². The van der Waals surface area contributed by atoms with Crippen molar-refractivity contribution in [1.29, 1.82) is 0 Å². The second kappa shape index (κ2) is 18.5. The zero-order chi connectivity index (χ0) is 40.5. The maximum absolute atomic E-state index is 15.4. The van der Waals surface area contributed by atoms with Crippen molar-refractivity contribution in [3.05, 3.63) is 117 Å². The molecule has 0 aromatic heterocycles. The van der Waals surface area contributed by atoms with Crippen LogP contribution in [-0.2, 0) is 36.6 Å². The van der Waals surface area contributed by atoms with Crippen LogP contribution in [0, 0.1) is 23.3 Å². The van der Waals surface area contributed by atoms with Crippen molar-refractivity contribution >= 4 is 17.8 Å². The second-order valence-corrected chi connectivity index (χ2v) is 14.0. The summed E-state index contributed by atoms with van der Waals surface area (Å²) in [4.78, 5) is 43.1. The van der Waals surface area contributed by atoms with Gasteiger partial charge >= 0.3 is 18.2 Å². The molecule has 1 aliphatic heterocycles. The molecule has 4 rings (SSSR count). The summed E-state index contributed by atoms with van der Waals surface area (Å²) in [6.45, 7) is 4.10. The molecule has 1 fully saturated rings. The summed E-state index contributed by atoms with van der Waals surface area (Å²) in [5.41, 5.74) is 8.98. The quantitative estimate of drug-likeness (QED) is 0.0529. The number of benzene rings is 3. The minimum absolute atomic E-state index is 0.0214. The van der Waals surface area contributed by atoms with Crippen LogP contribution in [0.5, 0.6) is 0 Å². The molecule has 55 heavy (non-hydrogen) atoms. The van der Waals surface area contributed by atoms with E-state index in [0.717, 1.165) is 24.3 Å². The van der Waals surface area contributed by atoms with Crippen molar-refractivity contribution < 1.29 is 59.3 Å². The molecule has 1 saturated heterocycles. The van der Waals surface area contributed by atoms with E-state index in [1.807, 2.05) is 0 Å². The molecule has 3 aromatic rings. The predicted octanol–water partition coefficient (Wildman–Crippen LogP) is 8.69. The summed E-state index contributed by atoms with van der Waals surface area (Å²) < 4.78 is 112. The van der Waals surface area contributed by atoms with E-state index in [1.165, 1.54) is 41.3 Å². The molecule has 0 bridgehead atoms. The summed E-state index contributed by atoms with van der Waals surface area (Å²) in [5, 5.41) is 3.68. The van der Waals surface area contributed by atoms with Crippen LogP contribution in [0.3, 0.4) is 0 Å². The SMILES string of the molecule is CC(C)(C)OC(=O)N1C[C@@H](CCc2c(F)cccc2CC(=O)[C@@H](N=[N+]=[N-])[C@H](c2cccc(F)c2)c2ccc(F)c(F)c2)OC[C@H]1COC(=O)CCC(F)(F)F. The van der Waals surface area contributed by atoms with Crippen LogP contribution in [0.25, 0.3) is 10.4 Å². The van der Waals surface area contributed by atoms with Gasteiger partial charge in [0.15, 0.2) is 11.6 Å². The average Bonchev–Trinajstić information content (AvgIpc) is 3.10. The first kappa shape index (κ1) is 42.6. The standard InChI is InChI=1S/C38H39F7N4O6/c1-37(2,3)55-36(52)49-19-27(53-20-26(49)21-54-33(51)14-15-38(43,44)45)11-12-28-22(6-5-9-29(28)40)18-32(50)35(47-48-46)34(23-7-4-8-25(39)16-23)24-10-13-30(41)31(42)17-24/h4-10,13,16-17,26-27,34-35H,11-12,14-15,18-21H2,1-3H3/t26-,27+,34+,35+/m0/s1. The molecule has 0 unspecified atom stereocenters. The number of amides is 1. The topological polar surface area (TPSA) is 131 Å². The highest BCUT2D eigenvalue weighted by Crippen LogP contribution is 2.33. The Hall–Kier alpha value is -5.15. The number of hydrogen-bond acceptors (Lipinski definition) is 7. The maximum Gasteiger partial charge on any atom is 0.410 e. The first-order valence-corrected chi connectivity index (χ1v) is 17.2. The van der Waals surface area contributed by atoms with Crippen LogP contribution in [0.1, 0.15) is 68.2 Å².